The molecule has 0 saturated carbocycles. The van der Waals surface area contributed by atoms with Crippen LogP contribution in [0.25, 0.3) is 0 Å². The van der Waals surface area contributed by atoms with Gasteiger partial charge in [-0.1, -0.05) is 52.1 Å². The van der Waals surface area contributed by atoms with E-state index in [4.69, 9.17) is 76.3 Å². The molecule has 0 amide bonds. The van der Waals surface area contributed by atoms with Gasteiger partial charge in [-0.05, 0) is 269 Å². The highest BCUT2D eigenvalue weighted by atomic mass is 16.7. The number of hydrogen-bond acceptors (Lipinski definition) is 25. The van der Waals surface area contributed by atoms with Crippen LogP contribution in [0.15, 0.2) is 282 Å². The number of unbranched alkanes of at least 4 members (excludes halogenated alkanes) is 6. The van der Waals surface area contributed by atoms with E-state index in [-0.39, 0.29) is 64.9 Å². The minimum Gasteiger partial charge on any atom is -0.497 e. The Labute approximate surface area is 683 Å². The third-order valence-electron chi connectivity index (χ3n) is 17.2. The predicted molar refractivity (Wildman–Crippen MR) is 434 cm³/mol. The zero-order chi connectivity index (χ0) is 84.6. The summed E-state index contributed by atoms with van der Waals surface area (Å²) in [6.07, 6.45) is 10.4. The lowest BCUT2D eigenvalue weighted by Gasteiger charge is -2.17. The second kappa shape index (κ2) is 47.5. The molecule has 2 aliphatic heterocycles. The molecule has 0 N–H and O–H groups in total. The first-order chi connectivity index (χ1) is 57.1. The lowest BCUT2D eigenvalue weighted by molar-refractivity contribution is -0.137. The van der Waals surface area contributed by atoms with Crippen molar-refractivity contribution in [1.82, 2.24) is 0 Å². The average molecular weight is 1600 g/mol. The first-order valence-corrected chi connectivity index (χ1v) is 37.4. The molecule has 0 bridgehead atoms. The molecule has 118 heavy (non-hydrogen) atoms. The molecule has 0 aromatic heterocycles. The summed E-state index contributed by atoms with van der Waals surface area (Å²) < 4.78 is 81.9. The van der Waals surface area contributed by atoms with Crippen LogP contribution >= 0.6 is 0 Å². The summed E-state index contributed by atoms with van der Waals surface area (Å²) in [4.78, 5) is 111. The summed E-state index contributed by atoms with van der Waals surface area (Å²) in [6.45, 7) is 27.7. The molecule has 0 spiro atoms. The molecule has 0 aliphatic carbocycles. The lowest BCUT2D eigenvalue weighted by Crippen LogP contribution is -2.36. The standard InChI is InChI=1S/C45H36O15.C24H25NO4.C24H28O5/c1-4-26(3)22-38(47)55-32-14-6-27(7-15-32)42(49)57-34-18-10-29(11-19-34)44(51)59-36-24-53-41-37(25-54-40(36)41)60-45(52)30-12-20-35(21-13-30)58-43(50)28-8-16-33(17-9-28)56-39(48)23-31(46)5-2;1-3-19(2)27-16-6-4-5-7-17-28-22-12-14-23(15-13-22)29-24(26)21-10-8-20(18-25)9-11-21;1-4-19(2)27-17-7-5-6-8-18-28-22-13-15-23(16-14-22)29-24(25)20-9-11-21(26-3)12-10-20/h4-21,36-37,40-41H,1-3,22-25H2;3,8-15H,1-2,4-7,16-17H2;4,9-16H,1-2,5-8,17-18H2,3H3. The van der Waals surface area contributed by atoms with Crippen molar-refractivity contribution in [3.05, 3.63) is 321 Å². The van der Waals surface area contributed by atoms with Crippen LogP contribution in [0.5, 0.6) is 51.7 Å². The van der Waals surface area contributed by atoms with Crippen molar-refractivity contribution in [3.8, 4) is 57.8 Å². The van der Waals surface area contributed by atoms with Crippen molar-refractivity contribution < 1.29 is 114 Å². The number of benzene rings is 8. The highest BCUT2D eigenvalue weighted by molar-refractivity contribution is 6.02. The van der Waals surface area contributed by atoms with Gasteiger partial charge < -0.3 is 71.1 Å². The predicted octanol–water partition coefficient (Wildman–Crippen LogP) is 16.8. The molecular weight excluding hydrogens is 1520 g/mol. The number of nitriles is 1. The van der Waals surface area contributed by atoms with E-state index in [2.05, 4.69) is 46.1 Å². The van der Waals surface area contributed by atoms with E-state index in [1.807, 2.05) is 6.07 Å². The van der Waals surface area contributed by atoms with Gasteiger partial charge in [0, 0.05) is 0 Å². The lowest BCUT2D eigenvalue weighted by atomic mass is 10.1. The molecule has 8 aromatic rings. The minimum atomic E-state index is -0.795. The minimum absolute atomic E-state index is 0.00237. The van der Waals surface area contributed by atoms with E-state index in [9.17, 15) is 43.2 Å². The van der Waals surface area contributed by atoms with Gasteiger partial charge in [0.05, 0.1) is 98.2 Å². The van der Waals surface area contributed by atoms with Crippen molar-refractivity contribution >= 4 is 53.5 Å². The summed E-state index contributed by atoms with van der Waals surface area (Å²) in [6, 6.07) is 51.8. The number of allylic oxidation sites excluding steroid dienone is 4. The molecular formula is C93H89NO24. The Morgan fingerprint density at radius 2 is 0.644 bits per heavy atom. The SMILES string of the molecule is C=CC(=C)CC(=O)Oc1ccc(C(=O)Oc2ccc(C(=O)OC3COC4C(OC(=O)c5ccc(OC(=O)c6ccc(OC(=O)CC(=O)C=C)cc6)cc5)COC34)cc2)cc1.C=CC(=C)OCCCCCCOc1ccc(OC(=O)c2ccc(C#N)cc2)cc1.C=CC(=C)OCCCCCCOc1ccc(OC(=O)c2ccc(OC)cc2)cc1. The van der Waals surface area contributed by atoms with Crippen LogP contribution in [0, 0.1) is 11.3 Å². The van der Waals surface area contributed by atoms with Gasteiger partial charge in [0.15, 0.2) is 18.0 Å². The number of methoxy groups -OCH3 is 1. The van der Waals surface area contributed by atoms with Gasteiger partial charge in [-0.25, -0.2) is 28.8 Å². The quantitative estimate of drug-likeness (QED) is 0.00653. The normalized spacial score (nSPS) is 13.8. The summed E-state index contributed by atoms with van der Waals surface area (Å²) in [5.74, 6) is -0.393. The Hall–Kier alpha value is -14.2. The van der Waals surface area contributed by atoms with Crippen LogP contribution in [0.2, 0.25) is 0 Å². The molecule has 25 nitrogen and oxygen atoms in total. The molecule has 25 heteroatoms. The van der Waals surface area contributed by atoms with E-state index >= 15 is 0 Å². The fourth-order valence-corrected chi connectivity index (χ4v) is 10.8. The number of fused-ring (bicyclic) bond motifs is 1. The van der Waals surface area contributed by atoms with Crippen molar-refractivity contribution in [1.29, 1.82) is 5.26 Å². The molecule has 2 aliphatic rings. The van der Waals surface area contributed by atoms with Gasteiger partial charge in [-0.2, -0.15) is 5.26 Å². The smallest absolute Gasteiger partial charge is 0.343 e. The van der Waals surface area contributed by atoms with E-state index in [0.717, 1.165) is 68.9 Å². The summed E-state index contributed by atoms with van der Waals surface area (Å²) >= 11 is 0. The number of nitrogens with zero attached hydrogens (tertiary/aromatic N) is 1. The second-order valence-electron chi connectivity index (χ2n) is 25.9. The first-order valence-electron chi connectivity index (χ1n) is 37.4. The number of carbonyl (C=O) groups excluding carboxylic acids is 9. The monoisotopic (exact) mass is 1600 g/mol. The molecule has 0 radical (unpaired) electrons. The molecule has 2 fully saturated rings. The Balaban J connectivity index is 0.000000249. The van der Waals surface area contributed by atoms with Crippen LogP contribution in [0.1, 0.15) is 132 Å². The molecule has 10 rings (SSSR count). The Bertz CT molecular complexity index is 4670. The molecule has 2 saturated heterocycles. The Morgan fingerprint density at radius 1 is 0.356 bits per heavy atom. The molecule has 4 unspecified atom stereocenters. The number of hydrogen-bond donors (Lipinski definition) is 0. The highest BCUT2D eigenvalue weighted by Gasteiger charge is 2.51. The van der Waals surface area contributed by atoms with E-state index in [1.54, 1.807) is 116 Å². The third kappa shape index (κ3) is 30.0. The van der Waals surface area contributed by atoms with E-state index in [0.29, 0.717) is 77.5 Å². The molecule has 610 valence electrons. The van der Waals surface area contributed by atoms with E-state index in [1.165, 1.54) is 103 Å². The maximum atomic E-state index is 13.0. The summed E-state index contributed by atoms with van der Waals surface area (Å²) in [7, 11) is 1.58. The Kier molecular flexibility index (Phi) is 35.9. The van der Waals surface area contributed by atoms with Crippen LogP contribution in [-0.4, -0.2) is 125 Å². The van der Waals surface area contributed by atoms with Crippen LogP contribution in [0.3, 0.4) is 0 Å². The number of ether oxygens (including phenoxy) is 15. The van der Waals surface area contributed by atoms with E-state index < -0.39 is 84.4 Å². The topological polar surface area (TPSA) is 316 Å². The van der Waals surface area contributed by atoms with Crippen LogP contribution in [0.4, 0.5) is 0 Å². The largest absolute Gasteiger partial charge is 0.497 e. The van der Waals surface area contributed by atoms with Crippen molar-refractivity contribution in [3.63, 3.8) is 0 Å². The molecule has 4 atom stereocenters. The average Bonchev–Trinajstić information content (AvgIpc) is 1.64. The van der Waals surface area contributed by atoms with Gasteiger partial charge in [0.25, 0.3) is 0 Å². The number of carbonyl (C=O) groups is 9. The molecule has 8 aromatic carbocycles. The fraction of sp³-hybridized carbons (Fsp3) is 0.226. The van der Waals surface area contributed by atoms with Crippen LogP contribution in [-0.2, 0) is 42.8 Å². The van der Waals surface area contributed by atoms with Gasteiger partial charge in [-0.15, -0.1) is 0 Å². The Morgan fingerprint density at radius 3 is 0.958 bits per heavy atom. The van der Waals surface area contributed by atoms with Crippen molar-refractivity contribution in [2.24, 2.45) is 0 Å². The summed E-state index contributed by atoms with van der Waals surface area (Å²) in [5, 5.41) is 8.79. The first kappa shape index (κ1) is 89.3. The van der Waals surface area contributed by atoms with Gasteiger partial charge in [-0.3, -0.25) is 14.4 Å². The van der Waals surface area contributed by atoms with Gasteiger partial charge in [0.2, 0.25) is 0 Å². The second-order valence-corrected chi connectivity index (χ2v) is 25.9. The number of ketones is 1. The zero-order valence-electron chi connectivity index (χ0n) is 65.1. The third-order valence-corrected chi connectivity index (χ3v) is 17.2. The highest BCUT2D eigenvalue weighted by Crippen LogP contribution is 2.33. The fourth-order valence-electron chi connectivity index (χ4n) is 10.8. The van der Waals surface area contributed by atoms with Gasteiger partial charge >= 0.3 is 47.8 Å². The number of esters is 8. The molecule has 2 heterocycles. The summed E-state index contributed by atoms with van der Waals surface area (Å²) in [5.41, 5.74) is 2.56. The zero-order valence-corrected chi connectivity index (χ0v) is 65.1. The maximum Gasteiger partial charge on any atom is 0.343 e. The number of rotatable bonds is 41. The van der Waals surface area contributed by atoms with Crippen molar-refractivity contribution in [2.45, 2.75) is 88.6 Å². The maximum absolute atomic E-state index is 13.0. The van der Waals surface area contributed by atoms with Gasteiger partial charge in [0.1, 0.15) is 81.9 Å². The van der Waals surface area contributed by atoms with Crippen molar-refractivity contribution in [2.75, 3.05) is 46.8 Å². The van der Waals surface area contributed by atoms with Crippen LogP contribution < -0.4 is 42.6 Å².